The molecule has 0 bridgehead atoms. The van der Waals surface area contributed by atoms with Gasteiger partial charge >= 0.3 is 0 Å². The van der Waals surface area contributed by atoms with Crippen molar-refractivity contribution < 1.29 is 4.39 Å². The topological polar surface area (TPSA) is 55.5 Å². The number of benzene rings is 1. The van der Waals surface area contributed by atoms with E-state index in [9.17, 15) is 4.39 Å². The highest BCUT2D eigenvalue weighted by Gasteiger charge is 2.20. The third kappa shape index (κ3) is 3.87. The first-order valence-electron chi connectivity index (χ1n) is 8.57. The van der Waals surface area contributed by atoms with Crippen LogP contribution in [-0.2, 0) is 6.42 Å². The lowest BCUT2D eigenvalue weighted by Crippen LogP contribution is -2.44. The molecule has 0 radical (unpaired) electrons. The Kier molecular flexibility index (Phi) is 5.35. The van der Waals surface area contributed by atoms with Crippen molar-refractivity contribution in [3.63, 3.8) is 0 Å². The van der Waals surface area contributed by atoms with Crippen LogP contribution in [0.15, 0.2) is 29.4 Å². The van der Waals surface area contributed by atoms with Crippen molar-refractivity contribution in [2.45, 2.75) is 25.3 Å². The zero-order valence-corrected chi connectivity index (χ0v) is 14.4. The number of guanidine groups is 1. The minimum absolute atomic E-state index is 0.200. The van der Waals surface area contributed by atoms with Gasteiger partial charge in [0, 0.05) is 43.3 Å². The Bertz CT molecular complexity index is 708. The van der Waals surface area contributed by atoms with E-state index in [0.717, 1.165) is 41.9 Å². The van der Waals surface area contributed by atoms with Gasteiger partial charge in [0.25, 0.3) is 0 Å². The number of H-pyrrole nitrogens is 1. The van der Waals surface area contributed by atoms with Gasteiger partial charge in [0.05, 0.1) is 0 Å². The average molecular weight is 331 g/mol. The summed E-state index contributed by atoms with van der Waals surface area (Å²) >= 11 is 0. The largest absolute Gasteiger partial charge is 0.361 e. The van der Waals surface area contributed by atoms with Gasteiger partial charge in [-0.3, -0.25) is 4.99 Å². The standard InChI is InChI=1S/C18H26FN5/c1-20-18(23-12-15-4-3-9-24(15)2)21-8-7-13-11-22-17-6-5-14(19)10-16(13)17/h5-6,10-11,15,22H,3-4,7-9,12H2,1-2H3,(H2,20,21,23). The van der Waals surface area contributed by atoms with Gasteiger partial charge in [-0.15, -0.1) is 0 Å². The molecule has 0 saturated carbocycles. The zero-order valence-electron chi connectivity index (χ0n) is 14.4. The number of hydrogen-bond acceptors (Lipinski definition) is 2. The molecule has 1 aliphatic heterocycles. The lowest BCUT2D eigenvalue weighted by molar-refractivity contribution is 0.309. The van der Waals surface area contributed by atoms with E-state index < -0.39 is 0 Å². The van der Waals surface area contributed by atoms with E-state index in [1.54, 1.807) is 19.2 Å². The predicted molar refractivity (Wildman–Crippen MR) is 97.0 cm³/mol. The van der Waals surface area contributed by atoms with Gasteiger partial charge in [0.15, 0.2) is 5.96 Å². The number of halogens is 1. The molecule has 2 heterocycles. The second kappa shape index (κ2) is 7.66. The van der Waals surface area contributed by atoms with Crippen LogP contribution in [0.1, 0.15) is 18.4 Å². The third-order valence-corrected chi connectivity index (χ3v) is 4.82. The summed E-state index contributed by atoms with van der Waals surface area (Å²) in [5.41, 5.74) is 2.08. The van der Waals surface area contributed by atoms with Gasteiger partial charge in [-0.05, 0) is 56.6 Å². The summed E-state index contributed by atoms with van der Waals surface area (Å²) in [7, 11) is 3.96. The SMILES string of the molecule is CN=C(NCCc1c[nH]c2ccc(F)cc12)NCC1CCCN1C. The first-order chi connectivity index (χ1) is 11.7. The molecule has 3 rings (SSSR count). The molecule has 24 heavy (non-hydrogen) atoms. The number of nitrogens with zero attached hydrogens (tertiary/aromatic N) is 2. The molecule has 1 aromatic carbocycles. The number of rotatable bonds is 5. The maximum Gasteiger partial charge on any atom is 0.191 e. The van der Waals surface area contributed by atoms with Crippen LogP contribution in [0.5, 0.6) is 0 Å². The van der Waals surface area contributed by atoms with Gasteiger partial charge in [-0.1, -0.05) is 0 Å². The molecular formula is C18H26FN5. The van der Waals surface area contributed by atoms with E-state index in [0.29, 0.717) is 6.04 Å². The Labute approximate surface area is 142 Å². The van der Waals surface area contributed by atoms with E-state index in [2.05, 4.69) is 32.6 Å². The fourth-order valence-electron chi connectivity index (χ4n) is 3.35. The first-order valence-corrected chi connectivity index (χ1v) is 8.57. The number of likely N-dealkylation sites (N-methyl/N-ethyl adjacent to an activating group) is 1. The van der Waals surface area contributed by atoms with Gasteiger partial charge in [-0.2, -0.15) is 0 Å². The van der Waals surface area contributed by atoms with Crippen LogP contribution in [0.3, 0.4) is 0 Å². The molecule has 0 aliphatic carbocycles. The Morgan fingerprint density at radius 2 is 2.29 bits per heavy atom. The Morgan fingerprint density at radius 3 is 3.04 bits per heavy atom. The molecule has 6 heteroatoms. The number of fused-ring (bicyclic) bond motifs is 1. The highest BCUT2D eigenvalue weighted by atomic mass is 19.1. The number of aromatic nitrogens is 1. The molecule has 2 aromatic rings. The second-order valence-electron chi connectivity index (χ2n) is 6.41. The molecule has 3 N–H and O–H groups in total. The fourth-order valence-corrected chi connectivity index (χ4v) is 3.35. The quantitative estimate of drug-likeness (QED) is 0.581. The molecule has 1 atom stereocenters. The van der Waals surface area contributed by atoms with Gasteiger partial charge in [0.2, 0.25) is 0 Å². The molecule has 0 spiro atoms. The lowest BCUT2D eigenvalue weighted by Gasteiger charge is -2.21. The molecule has 5 nitrogen and oxygen atoms in total. The predicted octanol–water partition coefficient (Wildman–Crippen LogP) is 2.11. The summed E-state index contributed by atoms with van der Waals surface area (Å²) in [6, 6.07) is 5.43. The van der Waals surface area contributed by atoms with E-state index >= 15 is 0 Å². The maximum absolute atomic E-state index is 13.4. The number of likely N-dealkylation sites (tertiary alicyclic amines) is 1. The average Bonchev–Trinajstić information content (AvgIpc) is 3.17. The Balaban J connectivity index is 1.49. The van der Waals surface area contributed by atoms with Gasteiger partial charge < -0.3 is 20.5 Å². The maximum atomic E-state index is 13.4. The van der Waals surface area contributed by atoms with Crippen LogP contribution < -0.4 is 10.6 Å². The molecule has 1 aliphatic rings. The third-order valence-electron chi connectivity index (χ3n) is 4.82. The minimum atomic E-state index is -0.200. The zero-order chi connectivity index (χ0) is 16.9. The van der Waals surface area contributed by atoms with Crippen LogP contribution in [-0.4, -0.2) is 55.6 Å². The van der Waals surface area contributed by atoms with Crippen molar-refractivity contribution >= 4 is 16.9 Å². The van der Waals surface area contributed by atoms with Crippen molar-refractivity contribution in [3.8, 4) is 0 Å². The normalized spacial score (nSPS) is 19.1. The molecule has 1 unspecified atom stereocenters. The van der Waals surface area contributed by atoms with E-state index in [4.69, 9.17) is 0 Å². The van der Waals surface area contributed by atoms with Crippen molar-refractivity contribution in [2.24, 2.45) is 4.99 Å². The van der Waals surface area contributed by atoms with Crippen molar-refractivity contribution in [1.29, 1.82) is 0 Å². The minimum Gasteiger partial charge on any atom is -0.361 e. The number of aliphatic imine (C=N–C) groups is 1. The Morgan fingerprint density at radius 1 is 1.42 bits per heavy atom. The lowest BCUT2D eigenvalue weighted by atomic mass is 10.1. The highest BCUT2D eigenvalue weighted by Crippen LogP contribution is 2.19. The molecule has 1 fully saturated rings. The molecule has 1 saturated heterocycles. The monoisotopic (exact) mass is 331 g/mol. The number of hydrogen-bond donors (Lipinski definition) is 3. The molecule has 0 amide bonds. The summed E-state index contributed by atoms with van der Waals surface area (Å²) in [5.74, 6) is 0.621. The molecule has 1 aromatic heterocycles. The summed E-state index contributed by atoms with van der Waals surface area (Å²) in [5, 5.41) is 7.69. The van der Waals surface area contributed by atoms with Crippen molar-refractivity contribution in [1.82, 2.24) is 20.5 Å². The van der Waals surface area contributed by atoms with E-state index in [1.165, 1.54) is 25.5 Å². The second-order valence-corrected chi connectivity index (χ2v) is 6.41. The van der Waals surface area contributed by atoms with E-state index in [-0.39, 0.29) is 5.82 Å². The van der Waals surface area contributed by atoms with Crippen LogP contribution in [0.2, 0.25) is 0 Å². The van der Waals surface area contributed by atoms with Gasteiger partial charge in [-0.25, -0.2) is 4.39 Å². The smallest absolute Gasteiger partial charge is 0.191 e. The first kappa shape index (κ1) is 16.8. The van der Waals surface area contributed by atoms with Crippen molar-refractivity contribution in [3.05, 3.63) is 35.8 Å². The summed E-state index contributed by atoms with van der Waals surface area (Å²) in [6.45, 7) is 2.84. The van der Waals surface area contributed by atoms with Crippen LogP contribution in [0.4, 0.5) is 4.39 Å². The highest BCUT2D eigenvalue weighted by molar-refractivity contribution is 5.83. The number of aromatic amines is 1. The van der Waals surface area contributed by atoms with Gasteiger partial charge in [0.1, 0.15) is 5.82 Å². The molecular weight excluding hydrogens is 305 g/mol. The van der Waals surface area contributed by atoms with E-state index in [1.807, 2.05) is 6.20 Å². The summed E-state index contributed by atoms with van der Waals surface area (Å²) in [6.07, 6.45) is 5.27. The van der Waals surface area contributed by atoms with Crippen molar-refractivity contribution in [2.75, 3.05) is 33.7 Å². The van der Waals surface area contributed by atoms with Crippen LogP contribution >= 0.6 is 0 Å². The van der Waals surface area contributed by atoms with Crippen LogP contribution in [0, 0.1) is 5.82 Å². The fraction of sp³-hybridized carbons (Fsp3) is 0.500. The Hall–Kier alpha value is -2.08. The van der Waals surface area contributed by atoms with Crippen LogP contribution in [0.25, 0.3) is 10.9 Å². The summed E-state index contributed by atoms with van der Waals surface area (Å²) < 4.78 is 13.4. The summed E-state index contributed by atoms with van der Waals surface area (Å²) in [4.78, 5) is 9.86. The molecule has 130 valence electrons. The number of nitrogens with one attached hydrogen (secondary N) is 3.